The third kappa shape index (κ3) is 3.08. The van der Waals surface area contributed by atoms with E-state index in [0.717, 1.165) is 31.7 Å². The van der Waals surface area contributed by atoms with Gasteiger partial charge in [-0.2, -0.15) is 0 Å². The highest BCUT2D eigenvalue weighted by molar-refractivity contribution is 5.76. The third-order valence-electron chi connectivity index (χ3n) is 4.22. The van der Waals surface area contributed by atoms with E-state index >= 15 is 0 Å². The molecule has 1 unspecified atom stereocenters. The van der Waals surface area contributed by atoms with Gasteiger partial charge in [-0.1, -0.05) is 6.07 Å². The van der Waals surface area contributed by atoms with Gasteiger partial charge in [0.05, 0.1) is 11.9 Å². The van der Waals surface area contributed by atoms with Crippen LogP contribution in [0.25, 0.3) is 5.65 Å². The van der Waals surface area contributed by atoms with Gasteiger partial charge in [0.1, 0.15) is 5.65 Å². The first kappa shape index (κ1) is 14.1. The lowest BCUT2D eigenvalue weighted by Gasteiger charge is -2.32. The molecule has 0 saturated carbocycles. The van der Waals surface area contributed by atoms with E-state index in [-0.39, 0.29) is 5.91 Å². The van der Waals surface area contributed by atoms with E-state index in [0.29, 0.717) is 12.3 Å². The van der Waals surface area contributed by atoms with E-state index in [9.17, 15) is 4.79 Å². The number of aromatic nitrogens is 2. The minimum Gasteiger partial charge on any atom is -0.345 e. The number of pyridine rings is 1. The molecule has 21 heavy (non-hydrogen) atoms. The van der Waals surface area contributed by atoms with Crippen LogP contribution >= 0.6 is 0 Å². The number of rotatable bonds is 4. The largest absolute Gasteiger partial charge is 0.345 e. The summed E-state index contributed by atoms with van der Waals surface area (Å²) in [6.07, 6.45) is 5.69. The topological polar surface area (TPSA) is 40.9 Å². The SMILES string of the molecule is CN(Cc1cnc2ccccn12)CC1CCC(=O)N(C)C1. The number of carbonyl (C=O) groups excluding carboxylic acids is 1. The molecule has 5 heteroatoms. The van der Waals surface area contributed by atoms with Gasteiger partial charge in [0.25, 0.3) is 0 Å². The number of likely N-dealkylation sites (tertiary alicyclic amines) is 1. The number of amides is 1. The first-order valence-electron chi connectivity index (χ1n) is 7.47. The van der Waals surface area contributed by atoms with E-state index in [2.05, 4.69) is 27.5 Å². The molecule has 1 aliphatic heterocycles. The van der Waals surface area contributed by atoms with Gasteiger partial charge in [-0.25, -0.2) is 4.98 Å². The van der Waals surface area contributed by atoms with Crippen LogP contribution in [0.15, 0.2) is 30.6 Å². The van der Waals surface area contributed by atoms with Crippen LogP contribution in [0.5, 0.6) is 0 Å². The molecular weight excluding hydrogens is 264 g/mol. The molecule has 0 aromatic carbocycles. The van der Waals surface area contributed by atoms with E-state index in [4.69, 9.17) is 0 Å². The molecular formula is C16H22N4O. The molecule has 0 aliphatic carbocycles. The van der Waals surface area contributed by atoms with Crippen molar-refractivity contribution in [3.05, 3.63) is 36.3 Å². The van der Waals surface area contributed by atoms with Crippen molar-refractivity contribution in [3.8, 4) is 0 Å². The van der Waals surface area contributed by atoms with E-state index in [1.165, 1.54) is 5.69 Å². The van der Waals surface area contributed by atoms with Crippen molar-refractivity contribution in [2.24, 2.45) is 5.92 Å². The lowest BCUT2D eigenvalue weighted by Crippen LogP contribution is -2.41. The molecule has 2 aromatic rings. The first-order chi connectivity index (χ1) is 10.1. The summed E-state index contributed by atoms with van der Waals surface area (Å²) in [5.74, 6) is 0.840. The maximum atomic E-state index is 11.5. The fourth-order valence-electron chi connectivity index (χ4n) is 3.13. The lowest BCUT2D eigenvalue weighted by atomic mass is 9.97. The summed E-state index contributed by atoms with van der Waals surface area (Å²) in [6.45, 7) is 2.76. The molecule has 112 valence electrons. The van der Waals surface area contributed by atoms with Gasteiger partial charge >= 0.3 is 0 Å². The van der Waals surface area contributed by atoms with Crippen LogP contribution in [0.3, 0.4) is 0 Å². The van der Waals surface area contributed by atoms with Crippen LogP contribution in [-0.2, 0) is 11.3 Å². The van der Waals surface area contributed by atoms with Crippen LogP contribution < -0.4 is 0 Å². The van der Waals surface area contributed by atoms with Crippen molar-refractivity contribution in [2.75, 3.05) is 27.2 Å². The maximum Gasteiger partial charge on any atom is 0.222 e. The summed E-state index contributed by atoms with van der Waals surface area (Å²) in [7, 11) is 4.04. The molecule has 0 radical (unpaired) electrons. The van der Waals surface area contributed by atoms with Crippen LogP contribution in [0.2, 0.25) is 0 Å². The van der Waals surface area contributed by atoms with Gasteiger partial charge in [-0.15, -0.1) is 0 Å². The van der Waals surface area contributed by atoms with Gasteiger partial charge in [0.15, 0.2) is 0 Å². The highest BCUT2D eigenvalue weighted by Gasteiger charge is 2.23. The van der Waals surface area contributed by atoms with Gasteiger partial charge < -0.3 is 14.2 Å². The van der Waals surface area contributed by atoms with Crippen molar-refractivity contribution in [2.45, 2.75) is 19.4 Å². The van der Waals surface area contributed by atoms with Crippen molar-refractivity contribution in [1.82, 2.24) is 19.2 Å². The Bertz CT molecular complexity index is 636. The molecule has 0 spiro atoms. The molecule has 0 N–H and O–H groups in total. The zero-order valence-electron chi connectivity index (χ0n) is 12.7. The zero-order valence-corrected chi connectivity index (χ0v) is 12.7. The molecule has 3 rings (SSSR count). The van der Waals surface area contributed by atoms with E-state index < -0.39 is 0 Å². The fraction of sp³-hybridized carbons (Fsp3) is 0.500. The van der Waals surface area contributed by atoms with Crippen LogP contribution in [0.4, 0.5) is 0 Å². The number of hydrogen-bond acceptors (Lipinski definition) is 3. The minimum absolute atomic E-state index is 0.274. The Morgan fingerprint density at radius 2 is 2.29 bits per heavy atom. The standard InChI is InChI=1S/C16H22N4O/c1-18(10-13-6-7-16(21)19(2)11-13)12-14-9-17-15-5-3-4-8-20(14)15/h3-5,8-9,13H,6-7,10-12H2,1-2H3. The van der Waals surface area contributed by atoms with Gasteiger partial charge in [0, 0.05) is 39.3 Å². The average Bonchev–Trinajstić information content (AvgIpc) is 2.86. The van der Waals surface area contributed by atoms with Crippen LogP contribution in [-0.4, -0.2) is 52.3 Å². The number of nitrogens with zero attached hydrogens (tertiary/aromatic N) is 4. The molecule has 1 fully saturated rings. The lowest BCUT2D eigenvalue weighted by molar-refractivity contribution is -0.133. The van der Waals surface area contributed by atoms with Crippen molar-refractivity contribution in [1.29, 1.82) is 0 Å². The predicted molar refractivity (Wildman–Crippen MR) is 81.9 cm³/mol. The number of imidazole rings is 1. The van der Waals surface area contributed by atoms with Crippen molar-refractivity contribution >= 4 is 11.6 Å². The number of carbonyl (C=O) groups is 1. The molecule has 1 atom stereocenters. The van der Waals surface area contributed by atoms with E-state index in [1.807, 2.05) is 36.3 Å². The minimum atomic E-state index is 0.274. The second kappa shape index (κ2) is 5.85. The Hall–Kier alpha value is -1.88. The Morgan fingerprint density at radius 1 is 1.43 bits per heavy atom. The molecule has 1 saturated heterocycles. The smallest absolute Gasteiger partial charge is 0.222 e. The monoisotopic (exact) mass is 286 g/mol. The molecule has 0 bridgehead atoms. The number of hydrogen-bond donors (Lipinski definition) is 0. The average molecular weight is 286 g/mol. The summed E-state index contributed by atoms with van der Waals surface area (Å²) < 4.78 is 2.13. The Kier molecular flexibility index (Phi) is 3.92. The predicted octanol–water partition coefficient (Wildman–Crippen LogP) is 1.63. The molecule has 2 aromatic heterocycles. The number of piperidine rings is 1. The second-order valence-corrected chi connectivity index (χ2v) is 6.05. The molecule has 1 amide bonds. The molecule has 1 aliphatic rings. The van der Waals surface area contributed by atoms with Crippen LogP contribution in [0, 0.1) is 5.92 Å². The normalized spacial score (nSPS) is 19.7. The van der Waals surface area contributed by atoms with E-state index in [1.54, 1.807) is 0 Å². The zero-order chi connectivity index (χ0) is 14.8. The second-order valence-electron chi connectivity index (χ2n) is 6.05. The van der Waals surface area contributed by atoms with Gasteiger partial charge in [-0.3, -0.25) is 4.79 Å². The van der Waals surface area contributed by atoms with Gasteiger partial charge in [-0.05, 0) is 31.5 Å². The summed E-state index contributed by atoms with van der Waals surface area (Å²) in [6, 6.07) is 6.05. The first-order valence-corrected chi connectivity index (χ1v) is 7.47. The summed E-state index contributed by atoms with van der Waals surface area (Å²) in [4.78, 5) is 20.1. The highest BCUT2D eigenvalue weighted by Crippen LogP contribution is 2.18. The quantitative estimate of drug-likeness (QED) is 0.858. The summed E-state index contributed by atoms with van der Waals surface area (Å²) >= 11 is 0. The molecule has 3 heterocycles. The highest BCUT2D eigenvalue weighted by atomic mass is 16.2. The third-order valence-corrected chi connectivity index (χ3v) is 4.22. The fourth-order valence-corrected chi connectivity index (χ4v) is 3.13. The Morgan fingerprint density at radius 3 is 3.10 bits per heavy atom. The Labute approximate surface area is 125 Å². The Balaban J connectivity index is 1.61. The molecule has 5 nitrogen and oxygen atoms in total. The van der Waals surface area contributed by atoms with Crippen molar-refractivity contribution < 1.29 is 4.79 Å². The number of fused-ring (bicyclic) bond motifs is 1. The maximum absolute atomic E-state index is 11.5. The van der Waals surface area contributed by atoms with Crippen molar-refractivity contribution in [3.63, 3.8) is 0 Å². The van der Waals surface area contributed by atoms with Gasteiger partial charge in [0.2, 0.25) is 5.91 Å². The summed E-state index contributed by atoms with van der Waals surface area (Å²) in [5.41, 5.74) is 2.19. The summed E-state index contributed by atoms with van der Waals surface area (Å²) in [5, 5.41) is 0. The van der Waals surface area contributed by atoms with Crippen LogP contribution in [0.1, 0.15) is 18.5 Å².